The van der Waals surface area contributed by atoms with Gasteiger partial charge in [0.25, 0.3) is 5.91 Å². The molecule has 148 valence electrons. The molecule has 28 heavy (non-hydrogen) atoms. The van der Waals surface area contributed by atoms with E-state index in [4.69, 9.17) is 21.7 Å². The molecule has 0 spiro atoms. The number of carbonyl (C=O) groups is 1. The van der Waals surface area contributed by atoms with Crippen LogP contribution in [0.25, 0.3) is 0 Å². The zero-order chi connectivity index (χ0) is 20.1. The zero-order valence-electron chi connectivity index (χ0n) is 15.0. The van der Waals surface area contributed by atoms with Crippen molar-refractivity contribution in [1.82, 2.24) is 16.2 Å². The molecule has 1 heterocycles. The standard InChI is InChI=1S/C18H19N3O5S2/c1-28(23,24)10-12-2-5-14(6-3-12)17(22)20-21-18(27)19-9-13-4-7-15-16(8-13)26-11-25-15/h2-8H,9-11H2,1H3,(H,20,22)(H2,19,21,27). The summed E-state index contributed by atoms with van der Waals surface area (Å²) in [5.41, 5.74) is 7.06. The van der Waals surface area contributed by atoms with E-state index in [1.54, 1.807) is 24.3 Å². The first kappa shape index (κ1) is 19.9. The first-order valence-corrected chi connectivity index (χ1v) is 10.8. The van der Waals surface area contributed by atoms with Crippen LogP contribution in [0.1, 0.15) is 21.5 Å². The summed E-state index contributed by atoms with van der Waals surface area (Å²) in [7, 11) is -3.12. The van der Waals surface area contributed by atoms with Crippen molar-refractivity contribution >= 4 is 33.1 Å². The van der Waals surface area contributed by atoms with Gasteiger partial charge in [0.05, 0.1) is 5.75 Å². The van der Waals surface area contributed by atoms with Gasteiger partial charge in [0.2, 0.25) is 6.79 Å². The molecule has 3 N–H and O–H groups in total. The third-order valence-electron chi connectivity index (χ3n) is 3.82. The third-order valence-corrected chi connectivity index (χ3v) is 4.93. The number of sulfone groups is 1. The van der Waals surface area contributed by atoms with E-state index in [-0.39, 0.29) is 17.7 Å². The summed E-state index contributed by atoms with van der Waals surface area (Å²) < 4.78 is 33.2. The summed E-state index contributed by atoms with van der Waals surface area (Å²) in [6, 6.07) is 11.9. The predicted molar refractivity (Wildman–Crippen MR) is 108 cm³/mol. The van der Waals surface area contributed by atoms with Crippen molar-refractivity contribution in [2.45, 2.75) is 12.3 Å². The van der Waals surface area contributed by atoms with Gasteiger partial charge in [0.1, 0.15) is 0 Å². The number of thiocarbonyl (C=S) groups is 1. The third kappa shape index (κ3) is 5.57. The van der Waals surface area contributed by atoms with Crippen molar-refractivity contribution in [2.24, 2.45) is 0 Å². The van der Waals surface area contributed by atoms with E-state index < -0.39 is 15.7 Å². The Morgan fingerprint density at radius 3 is 2.43 bits per heavy atom. The number of hydrogen-bond donors (Lipinski definition) is 3. The highest BCUT2D eigenvalue weighted by Crippen LogP contribution is 2.32. The Hall–Kier alpha value is -2.85. The Bertz CT molecular complexity index is 991. The number of amides is 1. The number of rotatable bonds is 5. The summed E-state index contributed by atoms with van der Waals surface area (Å²) in [6.45, 7) is 0.659. The highest BCUT2D eigenvalue weighted by atomic mass is 32.2. The fourth-order valence-electron chi connectivity index (χ4n) is 2.52. The monoisotopic (exact) mass is 421 g/mol. The van der Waals surface area contributed by atoms with E-state index >= 15 is 0 Å². The number of benzene rings is 2. The lowest BCUT2D eigenvalue weighted by atomic mass is 10.1. The molecule has 1 aliphatic rings. The number of nitrogens with one attached hydrogen (secondary N) is 3. The van der Waals surface area contributed by atoms with Crippen LogP contribution >= 0.6 is 12.2 Å². The lowest BCUT2D eigenvalue weighted by Gasteiger charge is -2.12. The molecule has 10 heteroatoms. The van der Waals surface area contributed by atoms with Gasteiger partial charge in [0.15, 0.2) is 26.4 Å². The minimum atomic E-state index is -3.12. The molecule has 0 saturated heterocycles. The van der Waals surface area contributed by atoms with Crippen LogP contribution in [0, 0.1) is 0 Å². The second-order valence-electron chi connectivity index (χ2n) is 6.22. The normalized spacial score (nSPS) is 12.3. The fraction of sp³-hybridized carbons (Fsp3) is 0.222. The van der Waals surface area contributed by atoms with Crippen LogP contribution in [0.15, 0.2) is 42.5 Å². The highest BCUT2D eigenvalue weighted by molar-refractivity contribution is 7.89. The van der Waals surface area contributed by atoms with Crippen molar-refractivity contribution < 1.29 is 22.7 Å². The minimum absolute atomic E-state index is 0.0684. The Morgan fingerprint density at radius 1 is 1.04 bits per heavy atom. The van der Waals surface area contributed by atoms with E-state index in [1.165, 1.54) is 0 Å². The second kappa shape index (κ2) is 8.44. The average molecular weight is 422 g/mol. The summed E-state index contributed by atoms with van der Waals surface area (Å²) in [5.74, 6) is 0.935. The van der Waals surface area contributed by atoms with Gasteiger partial charge < -0.3 is 14.8 Å². The Morgan fingerprint density at radius 2 is 1.71 bits per heavy atom. The summed E-state index contributed by atoms with van der Waals surface area (Å²) in [4.78, 5) is 12.1. The van der Waals surface area contributed by atoms with Gasteiger partial charge in [-0.25, -0.2) is 8.42 Å². The molecule has 1 aliphatic heterocycles. The van der Waals surface area contributed by atoms with Crippen LogP contribution in [0.5, 0.6) is 11.5 Å². The average Bonchev–Trinajstić information content (AvgIpc) is 3.11. The minimum Gasteiger partial charge on any atom is -0.454 e. The van der Waals surface area contributed by atoms with Crippen LogP contribution in [0.3, 0.4) is 0 Å². The highest BCUT2D eigenvalue weighted by Gasteiger charge is 2.13. The SMILES string of the molecule is CS(=O)(=O)Cc1ccc(C(=O)NNC(=S)NCc2ccc3c(c2)OCO3)cc1. The Labute approximate surface area is 168 Å². The van der Waals surface area contributed by atoms with Gasteiger partial charge in [-0.05, 0) is 47.6 Å². The molecule has 2 aromatic rings. The second-order valence-corrected chi connectivity index (χ2v) is 8.76. The largest absolute Gasteiger partial charge is 0.454 e. The molecule has 0 aromatic heterocycles. The van der Waals surface area contributed by atoms with E-state index in [2.05, 4.69) is 16.2 Å². The van der Waals surface area contributed by atoms with Gasteiger partial charge in [-0.3, -0.25) is 15.6 Å². The van der Waals surface area contributed by atoms with Gasteiger partial charge >= 0.3 is 0 Å². The van der Waals surface area contributed by atoms with Crippen molar-refractivity contribution in [3.05, 3.63) is 59.2 Å². The molecule has 3 rings (SSSR count). The van der Waals surface area contributed by atoms with Crippen LogP contribution in [-0.4, -0.2) is 32.5 Å². The predicted octanol–water partition coefficient (Wildman–Crippen LogP) is 1.27. The molecule has 1 amide bonds. The summed E-state index contributed by atoms with van der Waals surface area (Å²) in [5, 5.41) is 3.22. The lowest BCUT2D eigenvalue weighted by molar-refractivity contribution is 0.0943. The van der Waals surface area contributed by atoms with E-state index in [0.29, 0.717) is 29.2 Å². The summed E-state index contributed by atoms with van der Waals surface area (Å²) in [6.07, 6.45) is 1.16. The Balaban J connectivity index is 1.45. The number of ether oxygens (including phenoxy) is 2. The van der Waals surface area contributed by atoms with Gasteiger partial charge in [-0.1, -0.05) is 18.2 Å². The van der Waals surface area contributed by atoms with Crippen molar-refractivity contribution in [1.29, 1.82) is 0 Å². The molecule has 0 unspecified atom stereocenters. The van der Waals surface area contributed by atoms with Crippen molar-refractivity contribution in [2.75, 3.05) is 13.0 Å². The maximum atomic E-state index is 12.1. The van der Waals surface area contributed by atoms with Crippen molar-refractivity contribution in [3.8, 4) is 11.5 Å². The molecule has 8 nitrogen and oxygen atoms in total. The van der Waals surface area contributed by atoms with Gasteiger partial charge in [-0.15, -0.1) is 0 Å². The van der Waals surface area contributed by atoms with Gasteiger partial charge in [0, 0.05) is 18.4 Å². The molecule has 0 bridgehead atoms. The zero-order valence-corrected chi connectivity index (χ0v) is 16.7. The van der Waals surface area contributed by atoms with E-state index in [9.17, 15) is 13.2 Å². The Kier molecular flexibility index (Phi) is 6.00. The smallest absolute Gasteiger partial charge is 0.269 e. The molecular weight excluding hydrogens is 402 g/mol. The molecule has 0 aliphatic carbocycles. The fourth-order valence-corrected chi connectivity index (χ4v) is 3.44. The molecular formula is C18H19N3O5S2. The van der Waals surface area contributed by atoms with E-state index in [0.717, 1.165) is 11.8 Å². The van der Waals surface area contributed by atoms with Crippen LogP contribution in [0.2, 0.25) is 0 Å². The quantitative estimate of drug-likeness (QED) is 0.490. The lowest BCUT2D eigenvalue weighted by Crippen LogP contribution is -2.46. The molecule has 0 atom stereocenters. The number of hydrazine groups is 1. The molecule has 2 aromatic carbocycles. The number of fused-ring (bicyclic) bond motifs is 1. The maximum Gasteiger partial charge on any atom is 0.269 e. The van der Waals surface area contributed by atoms with E-state index in [1.807, 2.05) is 18.2 Å². The summed E-state index contributed by atoms with van der Waals surface area (Å²) >= 11 is 5.14. The van der Waals surface area contributed by atoms with Crippen LogP contribution in [0.4, 0.5) is 0 Å². The maximum absolute atomic E-state index is 12.1. The number of hydrogen-bond acceptors (Lipinski definition) is 6. The molecule has 0 saturated carbocycles. The first-order chi connectivity index (χ1) is 13.3. The van der Waals surface area contributed by atoms with Crippen LogP contribution in [-0.2, 0) is 22.1 Å². The topological polar surface area (TPSA) is 106 Å². The first-order valence-electron chi connectivity index (χ1n) is 8.29. The number of carbonyl (C=O) groups excluding carboxylic acids is 1. The molecule has 0 fully saturated rings. The van der Waals surface area contributed by atoms with Crippen molar-refractivity contribution in [3.63, 3.8) is 0 Å². The van der Waals surface area contributed by atoms with Gasteiger partial charge in [-0.2, -0.15) is 0 Å². The molecule has 0 radical (unpaired) electrons. The van der Waals surface area contributed by atoms with Crippen LogP contribution < -0.4 is 25.6 Å².